The molecule has 0 aliphatic carbocycles. The van der Waals surface area contributed by atoms with Gasteiger partial charge in [0.05, 0.1) is 17.9 Å². The summed E-state index contributed by atoms with van der Waals surface area (Å²) in [5, 5.41) is 14.4. The standard InChI is InChI=1S/C19H22N6O2/c1-12-3-4-14(19-21-13(2)11-27-19)9-16(12)22-18(26)17-10-25(24-23-17)15-5-7-20-8-6-15/h3-4,9-11,15,20H,5-8H2,1-2H3,(H,22,26). The third kappa shape index (κ3) is 3.75. The predicted octanol–water partition coefficient (Wildman–Crippen LogP) is 2.73. The fourth-order valence-electron chi connectivity index (χ4n) is 3.19. The molecule has 0 atom stereocenters. The SMILES string of the molecule is Cc1coc(-c2ccc(C)c(NC(=O)c3cn(C4CCNCC4)nn3)c2)n1. The van der Waals surface area contributed by atoms with Crippen LogP contribution in [-0.4, -0.2) is 39.0 Å². The molecule has 1 aromatic carbocycles. The maximum atomic E-state index is 12.6. The lowest BCUT2D eigenvalue weighted by molar-refractivity contribution is 0.102. The molecular formula is C19H22N6O2. The van der Waals surface area contributed by atoms with Gasteiger partial charge in [-0.15, -0.1) is 5.10 Å². The maximum absolute atomic E-state index is 12.6. The number of hydrogen-bond donors (Lipinski definition) is 2. The van der Waals surface area contributed by atoms with Crippen LogP contribution in [0.3, 0.4) is 0 Å². The normalized spacial score (nSPS) is 15.0. The van der Waals surface area contributed by atoms with Gasteiger partial charge in [-0.2, -0.15) is 0 Å². The molecule has 0 unspecified atom stereocenters. The fourth-order valence-corrected chi connectivity index (χ4v) is 3.19. The van der Waals surface area contributed by atoms with Crippen molar-refractivity contribution in [1.82, 2.24) is 25.3 Å². The molecule has 3 heterocycles. The highest BCUT2D eigenvalue weighted by Gasteiger charge is 2.19. The summed E-state index contributed by atoms with van der Waals surface area (Å²) in [5.41, 5.74) is 3.57. The summed E-state index contributed by atoms with van der Waals surface area (Å²) in [4.78, 5) is 17.0. The number of hydrogen-bond acceptors (Lipinski definition) is 6. The highest BCUT2D eigenvalue weighted by atomic mass is 16.3. The molecule has 8 heteroatoms. The van der Waals surface area contributed by atoms with E-state index in [9.17, 15) is 4.79 Å². The van der Waals surface area contributed by atoms with Crippen molar-refractivity contribution >= 4 is 11.6 Å². The number of carbonyl (C=O) groups excluding carboxylic acids is 1. The van der Waals surface area contributed by atoms with Crippen molar-refractivity contribution in [3.05, 3.63) is 47.6 Å². The number of benzene rings is 1. The van der Waals surface area contributed by atoms with Crippen molar-refractivity contribution in [2.45, 2.75) is 32.7 Å². The number of rotatable bonds is 4. The first-order valence-corrected chi connectivity index (χ1v) is 9.07. The van der Waals surface area contributed by atoms with Crippen molar-refractivity contribution in [1.29, 1.82) is 0 Å². The number of anilines is 1. The van der Waals surface area contributed by atoms with E-state index in [1.54, 1.807) is 17.1 Å². The van der Waals surface area contributed by atoms with Crippen molar-refractivity contribution in [3.63, 3.8) is 0 Å². The Morgan fingerprint density at radius 3 is 2.85 bits per heavy atom. The van der Waals surface area contributed by atoms with Gasteiger partial charge in [-0.1, -0.05) is 11.3 Å². The lowest BCUT2D eigenvalue weighted by Gasteiger charge is -2.22. The van der Waals surface area contributed by atoms with Gasteiger partial charge in [0.1, 0.15) is 6.26 Å². The van der Waals surface area contributed by atoms with Gasteiger partial charge >= 0.3 is 0 Å². The molecule has 8 nitrogen and oxygen atoms in total. The Bertz CT molecular complexity index is 955. The molecule has 4 rings (SSSR count). The van der Waals surface area contributed by atoms with Crippen LogP contribution in [0, 0.1) is 13.8 Å². The number of nitrogens with zero attached hydrogens (tertiary/aromatic N) is 4. The van der Waals surface area contributed by atoms with Crippen molar-refractivity contribution in [3.8, 4) is 11.5 Å². The lowest BCUT2D eigenvalue weighted by atomic mass is 10.1. The zero-order valence-corrected chi connectivity index (χ0v) is 15.4. The van der Waals surface area contributed by atoms with Crippen LogP contribution in [0.5, 0.6) is 0 Å². The molecular weight excluding hydrogens is 344 g/mol. The minimum Gasteiger partial charge on any atom is -0.444 e. The monoisotopic (exact) mass is 366 g/mol. The average molecular weight is 366 g/mol. The van der Waals surface area contributed by atoms with Crippen molar-refractivity contribution in [2.24, 2.45) is 0 Å². The van der Waals surface area contributed by atoms with E-state index in [0.29, 0.717) is 23.3 Å². The molecule has 0 bridgehead atoms. The Hall–Kier alpha value is -3.00. The molecule has 1 aliphatic heterocycles. The first-order valence-electron chi connectivity index (χ1n) is 9.07. The Morgan fingerprint density at radius 2 is 2.11 bits per heavy atom. The van der Waals surface area contributed by atoms with Crippen molar-refractivity contribution in [2.75, 3.05) is 18.4 Å². The van der Waals surface area contributed by atoms with Gasteiger partial charge in [0.2, 0.25) is 5.89 Å². The van der Waals surface area contributed by atoms with Gasteiger partial charge in [0.15, 0.2) is 5.69 Å². The highest BCUT2D eigenvalue weighted by molar-refractivity contribution is 6.03. The summed E-state index contributed by atoms with van der Waals surface area (Å²) in [7, 11) is 0. The topological polar surface area (TPSA) is 97.9 Å². The van der Waals surface area contributed by atoms with Crippen LogP contribution in [0.15, 0.2) is 35.1 Å². The van der Waals surface area contributed by atoms with Crippen LogP contribution in [0.1, 0.15) is 40.6 Å². The second-order valence-corrected chi connectivity index (χ2v) is 6.84. The van der Waals surface area contributed by atoms with E-state index in [0.717, 1.165) is 42.8 Å². The van der Waals surface area contributed by atoms with Crippen LogP contribution < -0.4 is 10.6 Å². The van der Waals surface area contributed by atoms with Gasteiger partial charge < -0.3 is 15.1 Å². The molecule has 2 N–H and O–H groups in total. The third-order valence-electron chi connectivity index (χ3n) is 4.78. The molecule has 1 fully saturated rings. The van der Waals surface area contributed by atoms with E-state index in [4.69, 9.17) is 4.42 Å². The van der Waals surface area contributed by atoms with Gasteiger partial charge in [-0.3, -0.25) is 4.79 Å². The third-order valence-corrected chi connectivity index (χ3v) is 4.78. The Labute approximate surface area is 157 Å². The van der Waals surface area contributed by atoms with E-state index >= 15 is 0 Å². The highest BCUT2D eigenvalue weighted by Crippen LogP contribution is 2.25. The minimum absolute atomic E-state index is 0.279. The molecule has 1 amide bonds. The van der Waals surface area contributed by atoms with Crippen LogP contribution in [0.2, 0.25) is 0 Å². The molecule has 2 aromatic heterocycles. The second kappa shape index (κ2) is 7.32. The molecule has 0 spiro atoms. The second-order valence-electron chi connectivity index (χ2n) is 6.84. The van der Waals surface area contributed by atoms with E-state index in [1.165, 1.54) is 0 Å². The maximum Gasteiger partial charge on any atom is 0.277 e. The Balaban J connectivity index is 1.51. The van der Waals surface area contributed by atoms with Gasteiger partial charge in [0.25, 0.3) is 5.91 Å². The Kier molecular flexibility index (Phi) is 4.72. The summed E-state index contributed by atoms with van der Waals surface area (Å²) >= 11 is 0. The lowest BCUT2D eigenvalue weighted by Crippen LogP contribution is -2.29. The van der Waals surface area contributed by atoms with E-state index < -0.39 is 0 Å². The van der Waals surface area contributed by atoms with Gasteiger partial charge in [-0.05, 0) is 57.5 Å². The summed E-state index contributed by atoms with van der Waals surface area (Å²) in [6.07, 6.45) is 5.30. The van der Waals surface area contributed by atoms with Crippen molar-refractivity contribution < 1.29 is 9.21 Å². The molecule has 3 aromatic rings. The van der Waals surface area contributed by atoms with Gasteiger partial charge in [0, 0.05) is 11.3 Å². The molecule has 140 valence electrons. The summed E-state index contributed by atoms with van der Waals surface area (Å²) < 4.78 is 7.25. The minimum atomic E-state index is -0.279. The number of aromatic nitrogens is 4. The summed E-state index contributed by atoms with van der Waals surface area (Å²) in [6, 6.07) is 5.99. The van der Waals surface area contributed by atoms with Gasteiger partial charge in [-0.25, -0.2) is 9.67 Å². The number of oxazole rings is 1. The van der Waals surface area contributed by atoms with E-state index in [1.807, 2.05) is 32.0 Å². The van der Waals surface area contributed by atoms with E-state index in [-0.39, 0.29) is 5.91 Å². The number of nitrogens with one attached hydrogen (secondary N) is 2. The zero-order chi connectivity index (χ0) is 18.8. The summed E-state index contributed by atoms with van der Waals surface area (Å²) in [6.45, 7) is 5.72. The Morgan fingerprint density at radius 1 is 1.30 bits per heavy atom. The molecule has 0 saturated carbocycles. The van der Waals surface area contributed by atoms with Crippen LogP contribution in [-0.2, 0) is 0 Å². The first kappa shape index (κ1) is 17.4. The molecule has 1 saturated heterocycles. The summed E-state index contributed by atoms with van der Waals surface area (Å²) in [5.74, 6) is 0.249. The zero-order valence-electron chi connectivity index (χ0n) is 15.4. The quantitative estimate of drug-likeness (QED) is 0.737. The van der Waals surface area contributed by atoms with Crippen LogP contribution in [0.25, 0.3) is 11.5 Å². The fraction of sp³-hybridized carbons (Fsp3) is 0.368. The predicted molar refractivity (Wildman–Crippen MR) is 101 cm³/mol. The molecule has 1 aliphatic rings. The number of piperidine rings is 1. The smallest absolute Gasteiger partial charge is 0.277 e. The number of carbonyl (C=O) groups is 1. The van der Waals surface area contributed by atoms with E-state index in [2.05, 4.69) is 25.9 Å². The molecule has 0 radical (unpaired) electrons. The molecule has 27 heavy (non-hydrogen) atoms. The largest absolute Gasteiger partial charge is 0.444 e. The van der Waals surface area contributed by atoms with Crippen LogP contribution in [0.4, 0.5) is 5.69 Å². The first-order chi connectivity index (χ1) is 13.1. The number of aryl methyl sites for hydroxylation is 2. The average Bonchev–Trinajstić information content (AvgIpc) is 3.34. The van der Waals surface area contributed by atoms with Crippen LogP contribution >= 0.6 is 0 Å². The number of amides is 1.